The Kier molecular flexibility index (Phi) is 4.64. The Morgan fingerprint density at radius 2 is 2.25 bits per heavy atom. The third kappa shape index (κ3) is 3.15. The second-order valence-electron chi connectivity index (χ2n) is 3.50. The summed E-state index contributed by atoms with van der Waals surface area (Å²) >= 11 is 5.82. The maximum atomic E-state index is 10.8. The SMILES string of the molecule is Cc1nc(Cl)c(C=O)c(NC(C)CCO)n1. The summed E-state index contributed by atoms with van der Waals surface area (Å²) in [6, 6.07) is 0.00840. The Bertz CT molecular complexity index is 385. The molecule has 0 aliphatic heterocycles. The van der Waals surface area contributed by atoms with Gasteiger partial charge in [-0.25, -0.2) is 9.97 Å². The number of aliphatic hydroxyl groups is 1. The minimum atomic E-state index is 0.00840. The summed E-state index contributed by atoms with van der Waals surface area (Å²) in [6.45, 7) is 3.65. The van der Waals surface area contributed by atoms with E-state index in [1.54, 1.807) is 6.92 Å². The first-order valence-electron chi connectivity index (χ1n) is 4.95. The van der Waals surface area contributed by atoms with Crippen LogP contribution >= 0.6 is 11.6 Å². The van der Waals surface area contributed by atoms with Gasteiger partial charge in [0.25, 0.3) is 0 Å². The molecule has 0 radical (unpaired) electrons. The minimum Gasteiger partial charge on any atom is -0.396 e. The summed E-state index contributed by atoms with van der Waals surface area (Å²) in [5.74, 6) is 0.905. The first-order valence-corrected chi connectivity index (χ1v) is 5.33. The number of hydrogen-bond donors (Lipinski definition) is 2. The van der Waals surface area contributed by atoms with Crippen LogP contribution in [0, 0.1) is 6.92 Å². The molecule has 1 unspecified atom stereocenters. The lowest BCUT2D eigenvalue weighted by Gasteiger charge is -2.15. The van der Waals surface area contributed by atoms with Gasteiger partial charge in [0.05, 0.1) is 5.56 Å². The first-order chi connectivity index (χ1) is 7.58. The van der Waals surface area contributed by atoms with Crippen LogP contribution in [-0.4, -0.2) is 34.0 Å². The summed E-state index contributed by atoms with van der Waals surface area (Å²) in [4.78, 5) is 18.8. The largest absolute Gasteiger partial charge is 0.396 e. The third-order valence-corrected chi connectivity index (χ3v) is 2.36. The maximum Gasteiger partial charge on any atom is 0.156 e. The third-order valence-electron chi connectivity index (χ3n) is 2.07. The van der Waals surface area contributed by atoms with Crippen LogP contribution in [0.1, 0.15) is 29.5 Å². The molecule has 0 aliphatic carbocycles. The van der Waals surface area contributed by atoms with Crippen molar-refractivity contribution < 1.29 is 9.90 Å². The molecule has 5 nitrogen and oxygen atoms in total. The van der Waals surface area contributed by atoms with Gasteiger partial charge >= 0.3 is 0 Å². The van der Waals surface area contributed by atoms with Crippen LogP contribution in [0.2, 0.25) is 5.15 Å². The summed E-state index contributed by atoms with van der Waals surface area (Å²) in [6.07, 6.45) is 1.19. The average Bonchev–Trinajstić information content (AvgIpc) is 2.17. The summed E-state index contributed by atoms with van der Waals surface area (Å²) < 4.78 is 0. The van der Waals surface area contributed by atoms with Gasteiger partial charge in [0, 0.05) is 12.6 Å². The Hall–Kier alpha value is -1.20. The summed E-state index contributed by atoms with van der Waals surface area (Å²) in [7, 11) is 0. The zero-order valence-electron chi connectivity index (χ0n) is 9.20. The number of rotatable bonds is 5. The number of halogens is 1. The molecule has 0 bridgehead atoms. The second kappa shape index (κ2) is 5.77. The number of nitrogens with one attached hydrogen (secondary N) is 1. The van der Waals surface area contributed by atoms with Crippen LogP contribution < -0.4 is 5.32 Å². The molecule has 0 spiro atoms. The van der Waals surface area contributed by atoms with Crippen LogP contribution in [0.4, 0.5) is 5.82 Å². The monoisotopic (exact) mass is 243 g/mol. The Balaban J connectivity index is 2.97. The van der Waals surface area contributed by atoms with Gasteiger partial charge in [-0.15, -0.1) is 0 Å². The molecule has 16 heavy (non-hydrogen) atoms. The molecular formula is C10H14ClN3O2. The fraction of sp³-hybridized carbons (Fsp3) is 0.500. The number of hydrogen-bond acceptors (Lipinski definition) is 5. The molecule has 0 fully saturated rings. The van der Waals surface area contributed by atoms with E-state index in [4.69, 9.17) is 16.7 Å². The van der Waals surface area contributed by atoms with Crippen LogP contribution in [0.5, 0.6) is 0 Å². The van der Waals surface area contributed by atoms with E-state index in [2.05, 4.69) is 15.3 Å². The van der Waals surface area contributed by atoms with Crippen LogP contribution in [0.25, 0.3) is 0 Å². The quantitative estimate of drug-likeness (QED) is 0.605. The van der Waals surface area contributed by atoms with Gasteiger partial charge in [-0.3, -0.25) is 4.79 Å². The Morgan fingerprint density at radius 3 is 2.81 bits per heavy atom. The standard InChI is InChI=1S/C10H14ClN3O2/c1-6(3-4-15)12-10-8(5-16)9(11)13-7(2)14-10/h5-6,15H,3-4H2,1-2H3,(H,12,13,14). The fourth-order valence-electron chi connectivity index (χ4n) is 1.26. The predicted octanol–water partition coefficient (Wildman–Crippen LogP) is 1.43. The van der Waals surface area contributed by atoms with Crippen molar-refractivity contribution in [3.63, 3.8) is 0 Å². The topological polar surface area (TPSA) is 75.1 Å². The van der Waals surface area contributed by atoms with Crippen LogP contribution in [0.15, 0.2) is 0 Å². The molecule has 0 aliphatic rings. The average molecular weight is 244 g/mol. The molecule has 0 aromatic carbocycles. The van der Waals surface area contributed by atoms with Crippen molar-refractivity contribution in [1.82, 2.24) is 9.97 Å². The number of carbonyl (C=O) groups is 1. The maximum absolute atomic E-state index is 10.8. The van der Waals surface area contributed by atoms with Gasteiger partial charge in [-0.2, -0.15) is 0 Å². The predicted molar refractivity (Wildman–Crippen MR) is 62.0 cm³/mol. The van der Waals surface area contributed by atoms with Gasteiger partial charge in [-0.1, -0.05) is 11.6 Å². The molecule has 2 N–H and O–H groups in total. The highest BCUT2D eigenvalue weighted by atomic mass is 35.5. The number of aromatic nitrogens is 2. The molecule has 0 saturated carbocycles. The molecule has 1 heterocycles. The molecule has 0 amide bonds. The van der Waals surface area contributed by atoms with Crippen molar-refractivity contribution >= 4 is 23.7 Å². The number of aryl methyl sites for hydroxylation is 1. The zero-order valence-corrected chi connectivity index (χ0v) is 9.95. The van der Waals surface area contributed by atoms with E-state index < -0.39 is 0 Å². The van der Waals surface area contributed by atoms with Gasteiger partial charge < -0.3 is 10.4 Å². The molecule has 1 rings (SSSR count). The number of anilines is 1. The molecular weight excluding hydrogens is 230 g/mol. The molecule has 1 atom stereocenters. The molecule has 88 valence electrons. The lowest BCUT2D eigenvalue weighted by atomic mass is 10.2. The van der Waals surface area contributed by atoms with E-state index in [-0.39, 0.29) is 23.4 Å². The van der Waals surface area contributed by atoms with E-state index in [1.807, 2.05) is 6.92 Å². The minimum absolute atomic E-state index is 0.00840. The lowest BCUT2D eigenvalue weighted by molar-refractivity contribution is 0.112. The number of carbonyl (C=O) groups excluding carboxylic acids is 1. The van der Waals surface area contributed by atoms with Gasteiger partial charge in [0.1, 0.15) is 16.8 Å². The van der Waals surface area contributed by atoms with Gasteiger partial charge in [0.15, 0.2) is 6.29 Å². The van der Waals surface area contributed by atoms with Crippen LogP contribution in [-0.2, 0) is 0 Å². The highest BCUT2D eigenvalue weighted by Gasteiger charge is 2.12. The Labute approximate surface area is 98.9 Å². The van der Waals surface area contributed by atoms with E-state index >= 15 is 0 Å². The number of nitrogens with zero attached hydrogens (tertiary/aromatic N) is 2. The number of aliphatic hydroxyl groups excluding tert-OH is 1. The van der Waals surface area contributed by atoms with E-state index in [9.17, 15) is 4.79 Å². The van der Waals surface area contributed by atoms with Crippen LogP contribution in [0.3, 0.4) is 0 Å². The zero-order chi connectivity index (χ0) is 12.1. The van der Waals surface area contributed by atoms with Crippen molar-refractivity contribution in [3.05, 3.63) is 16.5 Å². The van der Waals surface area contributed by atoms with Crippen molar-refractivity contribution in [1.29, 1.82) is 0 Å². The fourth-order valence-corrected chi connectivity index (χ4v) is 1.52. The molecule has 6 heteroatoms. The van der Waals surface area contributed by atoms with Crippen molar-refractivity contribution in [2.24, 2.45) is 0 Å². The number of aldehydes is 1. The summed E-state index contributed by atoms with van der Waals surface area (Å²) in [5.41, 5.74) is 0.247. The smallest absolute Gasteiger partial charge is 0.156 e. The highest BCUT2D eigenvalue weighted by molar-refractivity contribution is 6.32. The van der Waals surface area contributed by atoms with E-state index in [1.165, 1.54) is 0 Å². The van der Waals surface area contributed by atoms with E-state index in [0.717, 1.165) is 0 Å². The van der Waals surface area contributed by atoms with Crippen molar-refractivity contribution in [3.8, 4) is 0 Å². The second-order valence-corrected chi connectivity index (χ2v) is 3.86. The molecule has 1 aromatic rings. The highest BCUT2D eigenvalue weighted by Crippen LogP contribution is 2.19. The molecule has 0 saturated heterocycles. The van der Waals surface area contributed by atoms with Crippen molar-refractivity contribution in [2.75, 3.05) is 11.9 Å². The van der Waals surface area contributed by atoms with Gasteiger partial charge in [0.2, 0.25) is 0 Å². The van der Waals surface area contributed by atoms with E-state index in [0.29, 0.717) is 24.3 Å². The van der Waals surface area contributed by atoms with Crippen molar-refractivity contribution in [2.45, 2.75) is 26.3 Å². The first kappa shape index (κ1) is 12.9. The van der Waals surface area contributed by atoms with Gasteiger partial charge in [-0.05, 0) is 20.3 Å². The molecule has 1 aromatic heterocycles. The Morgan fingerprint density at radius 1 is 1.56 bits per heavy atom. The lowest BCUT2D eigenvalue weighted by Crippen LogP contribution is -2.19. The normalized spacial score (nSPS) is 12.2. The summed E-state index contributed by atoms with van der Waals surface area (Å²) in [5, 5.41) is 11.9.